The number of nitrogens with one attached hydrogen (secondary N) is 1. The van der Waals surface area contributed by atoms with Crippen molar-refractivity contribution in [1.82, 2.24) is 0 Å². The Kier molecular flexibility index (Phi) is 6.12. The first-order valence-electron chi connectivity index (χ1n) is 9.43. The van der Waals surface area contributed by atoms with Crippen molar-refractivity contribution < 1.29 is 23.4 Å². The molecule has 0 fully saturated rings. The topological polar surface area (TPSA) is 104 Å². The molecule has 0 bridgehead atoms. The molecule has 0 spiro atoms. The number of sulfonamides is 1. The lowest BCUT2D eigenvalue weighted by atomic mass is 10.0. The first kappa shape index (κ1) is 21.4. The SMILES string of the molecule is CC(C)c1ccc(C(=O)O)cc1S(=O)(=O)Nc1cc(Cc2ccccc2)ccc1O. The van der Waals surface area contributed by atoms with E-state index in [0.29, 0.717) is 12.0 Å². The number of phenols is 1. The maximum Gasteiger partial charge on any atom is 0.335 e. The minimum absolute atomic E-state index is 0.0406. The highest BCUT2D eigenvalue weighted by Gasteiger charge is 2.23. The molecule has 6 nitrogen and oxygen atoms in total. The molecule has 0 aromatic heterocycles. The van der Waals surface area contributed by atoms with Gasteiger partial charge in [-0.1, -0.05) is 56.3 Å². The van der Waals surface area contributed by atoms with Crippen LogP contribution >= 0.6 is 0 Å². The number of phenolic OH excluding ortho intramolecular Hbond substituents is 1. The number of aromatic hydroxyl groups is 1. The van der Waals surface area contributed by atoms with Gasteiger partial charge in [0.1, 0.15) is 5.75 Å². The molecule has 0 saturated carbocycles. The lowest BCUT2D eigenvalue weighted by molar-refractivity contribution is 0.0696. The van der Waals surface area contributed by atoms with Gasteiger partial charge in [-0.25, -0.2) is 13.2 Å². The molecular formula is C23H23NO5S. The summed E-state index contributed by atoms with van der Waals surface area (Å²) in [6.45, 7) is 3.65. The van der Waals surface area contributed by atoms with Gasteiger partial charge in [-0.05, 0) is 53.3 Å². The van der Waals surface area contributed by atoms with E-state index in [4.69, 9.17) is 0 Å². The molecule has 0 radical (unpaired) electrons. The molecule has 3 rings (SSSR count). The molecule has 3 N–H and O–H groups in total. The molecule has 3 aromatic rings. The molecule has 0 heterocycles. The lowest BCUT2D eigenvalue weighted by Crippen LogP contribution is -2.17. The van der Waals surface area contributed by atoms with Gasteiger partial charge in [-0.3, -0.25) is 4.72 Å². The minimum Gasteiger partial charge on any atom is -0.506 e. The Bertz CT molecular complexity index is 1170. The van der Waals surface area contributed by atoms with Crippen LogP contribution in [0.1, 0.15) is 46.8 Å². The van der Waals surface area contributed by atoms with Crippen LogP contribution in [0, 0.1) is 0 Å². The molecule has 3 aromatic carbocycles. The van der Waals surface area contributed by atoms with E-state index < -0.39 is 16.0 Å². The Labute approximate surface area is 175 Å². The smallest absolute Gasteiger partial charge is 0.335 e. The fraction of sp³-hybridized carbons (Fsp3) is 0.174. The monoisotopic (exact) mass is 425 g/mol. The van der Waals surface area contributed by atoms with E-state index in [1.54, 1.807) is 12.1 Å². The van der Waals surface area contributed by atoms with E-state index in [2.05, 4.69) is 4.72 Å². The molecule has 0 amide bonds. The first-order valence-corrected chi connectivity index (χ1v) is 10.9. The Balaban J connectivity index is 1.98. The molecule has 0 atom stereocenters. The predicted octanol–water partition coefficient (Wildman–Crippen LogP) is 4.61. The molecule has 0 saturated heterocycles. The summed E-state index contributed by atoms with van der Waals surface area (Å²) in [4.78, 5) is 11.2. The van der Waals surface area contributed by atoms with Gasteiger partial charge in [0, 0.05) is 0 Å². The lowest BCUT2D eigenvalue weighted by Gasteiger charge is -2.16. The third-order valence-corrected chi connectivity index (χ3v) is 6.15. The summed E-state index contributed by atoms with van der Waals surface area (Å²) in [5.74, 6) is -1.57. The van der Waals surface area contributed by atoms with Gasteiger partial charge in [0.25, 0.3) is 10.0 Å². The van der Waals surface area contributed by atoms with Crippen molar-refractivity contribution in [3.63, 3.8) is 0 Å². The molecule has 30 heavy (non-hydrogen) atoms. The van der Waals surface area contributed by atoms with Crippen LogP contribution in [0.25, 0.3) is 0 Å². The Morgan fingerprint density at radius 1 is 0.967 bits per heavy atom. The normalized spacial score (nSPS) is 11.4. The maximum absolute atomic E-state index is 13.1. The number of carboxylic acids is 1. The summed E-state index contributed by atoms with van der Waals surface area (Å²) < 4.78 is 28.6. The van der Waals surface area contributed by atoms with Gasteiger partial charge < -0.3 is 10.2 Å². The van der Waals surface area contributed by atoms with E-state index in [1.165, 1.54) is 18.2 Å². The Hall–Kier alpha value is -3.32. The zero-order valence-corrected chi connectivity index (χ0v) is 17.5. The van der Waals surface area contributed by atoms with Crippen LogP contribution in [0.4, 0.5) is 5.69 Å². The summed E-state index contributed by atoms with van der Waals surface area (Å²) >= 11 is 0. The van der Waals surface area contributed by atoms with Crippen molar-refractivity contribution in [3.8, 4) is 5.75 Å². The second-order valence-electron chi connectivity index (χ2n) is 7.33. The van der Waals surface area contributed by atoms with E-state index >= 15 is 0 Å². The molecule has 0 aliphatic carbocycles. The van der Waals surface area contributed by atoms with Crippen LogP contribution in [0.3, 0.4) is 0 Å². The molecular weight excluding hydrogens is 402 g/mol. The van der Waals surface area contributed by atoms with Crippen molar-refractivity contribution in [1.29, 1.82) is 0 Å². The molecule has 7 heteroatoms. The number of rotatable bonds is 7. The van der Waals surface area contributed by atoms with Crippen LogP contribution in [0.2, 0.25) is 0 Å². The second-order valence-corrected chi connectivity index (χ2v) is 8.98. The average Bonchev–Trinajstić information content (AvgIpc) is 2.70. The van der Waals surface area contributed by atoms with Crippen LogP contribution in [0.5, 0.6) is 5.75 Å². The number of benzene rings is 3. The zero-order chi connectivity index (χ0) is 21.9. The van der Waals surface area contributed by atoms with Gasteiger partial charge in [0.05, 0.1) is 16.1 Å². The third-order valence-electron chi connectivity index (χ3n) is 4.73. The van der Waals surface area contributed by atoms with Crippen molar-refractivity contribution in [2.45, 2.75) is 31.1 Å². The number of carbonyl (C=O) groups is 1. The van der Waals surface area contributed by atoms with Gasteiger partial charge >= 0.3 is 5.97 Å². The maximum atomic E-state index is 13.1. The molecule has 0 aliphatic rings. The van der Waals surface area contributed by atoms with Crippen LogP contribution < -0.4 is 4.72 Å². The summed E-state index contributed by atoms with van der Waals surface area (Å²) in [6.07, 6.45) is 0.571. The largest absolute Gasteiger partial charge is 0.506 e. The first-order chi connectivity index (χ1) is 14.2. The number of carboxylic acid groups (broad SMARTS) is 1. The van der Waals surface area contributed by atoms with Crippen LogP contribution in [0.15, 0.2) is 71.6 Å². The van der Waals surface area contributed by atoms with Gasteiger partial charge in [-0.2, -0.15) is 0 Å². The Morgan fingerprint density at radius 2 is 1.67 bits per heavy atom. The van der Waals surface area contributed by atoms with Crippen LogP contribution in [-0.2, 0) is 16.4 Å². The van der Waals surface area contributed by atoms with Gasteiger partial charge in [0.15, 0.2) is 0 Å². The number of anilines is 1. The summed E-state index contributed by atoms with van der Waals surface area (Å²) in [5, 5.41) is 19.5. The van der Waals surface area contributed by atoms with E-state index in [9.17, 15) is 23.4 Å². The van der Waals surface area contributed by atoms with Crippen molar-refractivity contribution in [2.24, 2.45) is 0 Å². The highest BCUT2D eigenvalue weighted by molar-refractivity contribution is 7.92. The Morgan fingerprint density at radius 3 is 2.30 bits per heavy atom. The number of hydrogen-bond acceptors (Lipinski definition) is 4. The molecule has 0 aliphatic heterocycles. The molecule has 156 valence electrons. The second kappa shape index (κ2) is 8.59. The number of hydrogen-bond donors (Lipinski definition) is 3. The zero-order valence-electron chi connectivity index (χ0n) is 16.7. The van der Waals surface area contributed by atoms with Crippen LogP contribution in [-0.4, -0.2) is 24.6 Å². The molecule has 0 unspecified atom stereocenters. The highest BCUT2D eigenvalue weighted by Crippen LogP contribution is 2.31. The summed E-state index contributed by atoms with van der Waals surface area (Å²) in [7, 11) is -4.13. The van der Waals surface area contributed by atoms with Gasteiger partial charge in [-0.15, -0.1) is 0 Å². The average molecular weight is 426 g/mol. The van der Waals surface area contributed by atoms with E-state index in [0.717, 1.165) is 17.2 Å². The van der Waals surface area contributed by atoms with Gasteiger partial charge in [0.2, 0.25) is 0 Å². The highest BCUT2D eigenvalue weighted by atomic mass is 32.2. The standard InChI is InChI=1S/C23H23NO5S/c1-15(2)19-10-9-18(23(26)27)14-22(19)30(28,29)24-20-13-17(8-11-21(20)25)12-16-6-4-3-5-7-16/h3-11,13-15,24-25H,12H2,1-2H3,(H,26,27). The van der Waals surface area contributed by atoms with Crippen molar-refractivity contribution in [3.05, 3.63) is 89.0 Å². The quantitative estimate of drug-likeness (QED) is 0.480. The van der Waals surface area contributed by atoms with E-state index in [-0.39, 0.29) is 27.8 Å². The summed E-state index contributed by atoms with van der Waals surface area (Å²) in [6, 6.07) is 18.5. The van der Waals surface area contributed by atoms with E-state index in [1.807, 2.05) is 44.2 Å². The third kappa shape index (κ3) is 4.80. The minimum atomic E-state index is -4.13. The number of aromatic carboxylic acids is 1. The van der Waals surface area contributed by atoms with Crippen molar-refractivity contribution >= 4 is 21.7 Å². The predicted molar refractivity (Wildman–Crippen MR) is 116 cm³/mol. The summed E-state index contributed by atoms with van der Waals surface area (Å²) in [5.41, 5.74) is 2.28. The fourth-order valence-electron chi connectivity index (χ4n) is 3.18. The van der Waals surface area contributed by atoms with Crippen molar-refractivity contribution in [2.75, 3.05) is 4.72 Å². The fourth-order valence-corrected chi connectivity index (χ4v) is 4.64.